The number of rotatable bonds is 7. The van der Waals surface area contributed by atoms with Gasteiger partial charge in [-0.2, -0.15) is 4.98 Å². The van der Waals surface area contributed by atoms with Gasteiger partial charge in [0.1, 0.15) is 17.3 Å². The molecule has 2 heterocycles. The zero-order chi connectivity index (χ0) is 17.8. The first-order chi connectivity index (χ1) is 12.1. The third kappa shape index (κ3) is 3.95. The van der Waals surface area contributed by atoms with Crippen LogP contribution in [0, 0.1) is 12.7 Å². The molecule has 0 amide bonds. The van der Waals surface area contributed by atoms with Gasteiger partial charge in [0.15, 0.2) is 5.65 Å². The Labute approximate surface area is 146 Å². The normalized spacial score (nSPS) is 11.2. The molecule has 0 aliphatic heterocycles. The summed E-state index contributed by atoms with van der Waals surface area (Å²) in [5.41, 5.74) is 3.42. The van der Waals surface area contributed by atoms with Gasteiger partial charge in [0.25, 0.3) is 0 Å². The Kier molecular flexibility index (Phi) is 5.26. The molecule has 0 saturated carbocycles. The number of ether oxygens (including phenoxy) is 1. The van der Waals surface area contributed by atoms with Crippen LogP contribution in [0.15, 0.2) is 18.2 Å². The number of imidazole rings is 1. The number of H-pyrrole nitrogens is 1. The van der Waals surface area contributed by atoms with Crippen molar-refractivity contribution in [1.82, 2.24) is 19.9 Å². The molecular weight excluding hydrogens is 319 g/mol. The minimum Gasteiger partial charge on any atom is -0.480 e. The number of nitrogens with zero attached hydrogens (tertiary/aromatic N) is 3. The molecule has 0 aliphatic rings. The van der Waals surface area contributed by atoms with Crippen LogP contribution in [0.25, 0.3) is 11.3 Å². The fourth-order valence-electron chi connectivity index (χ4n) is 2.91. The van der Waals surface area contributed by atoms with Gasteiger partial charge >= 0.3 is 0 Å². The Hall–Kier alpha value is -2.50. The number of methoxy groups -OCH3 is 1. The van der Waals surface area contributed by atoms with Gasteiger partial charge in [0.05, 0.1) is 7.11 Å². The van der Waals surface area contributed by atoms with E-state index in [4.69, 9.17) is 4.74 Å². The van der Waals surface area contributed by atoms with Crippen molar-refractivity contribution in [2.24, 2.45) is 0 Å². The Bertz CT molecular complexity index is 875. The molecule has 0 atom stereocenters. The summed E-state index contributed by atoms with van der Waals surface area (Å²) in [5, 5.41) is 0. The number of nitrogens with one attached hydrogen (secondary N) is 1. The summed E-state index contributed by atoms with van der Waals surface area (Å²) in [6.07, 6.45) is 4.51. The first-order valence-electron chi connectivity index (χ1n) is 8.65. The standard InChI is InChI=1S/C19H23FN4O/c1-4-5-6-7-14-9-8-13(10-15(14)20)11-16-19(25-3)24-18-17(23-16)21-12(2)22-18/h8-10H,4-7,11H2,1-3H3,(H,21,22,23,24). The molecule has 6 heteroatoms. The highest BCUT2D eigenvalue weighted by Crippen LogP contribution is 2.22. The van der Waals surface area contributed by atoms with E-state index >= 15 is 0 Å². The van der Waals surface area contributed by atoms with Crippen LogP contribution in [-0.2, 0) is 12.8 Å². The zero-order valence-electron chi connectivity index (χ0n) is 14.9. The predicted molar refractivity (Wildman–Crippen MR) is 95.4 cm³/mol. The van der Waals surface area contributed by atoms with Crippen LogP contribution in [0.3, 0.4) is 0 Å². The number of halogens is 1. The molecule has 1 aromatic carbocycles. The highest BCUT2D eigenvalue weighted by Gasteiger charge is 2.13. The van der Waals surface area contributed by atoms with E-state index in [0.717, 1.165) is 42.6 Å². The summed E-state index contributed by atoms with van der Waals surface area (Å²) in [4.78, 5) is 16.3. The summed E-state index contributed by atoms with van der Waals surface area (Å²) in [5.74, 6) is 1.02. The molecule has 3 rings (SSSR count). The van der Waals surface area contributed by atoms with Crippen LogP contribution in [0.4, 0.5) is 4.39 Å². The predicted octanol–water partition coefficient (Wildman–Crippen LogP) is 4.13. The summed E-state index contributed by atoms with van der Waals surface area (Å²) in [7, 11) is 1.55. The Morgan fingerprint density at radius 3 is 2.72 bits per heavy atom. The van der Waals surface area contributed by atoms with E-state index in [0.29, 0.717) is 29.3 Å². The van der Waals surface area contributed by atoms with E-state index < -0.39 is 0 Å². The lowest BCUT2D eigenvalue weighted by Gasteiger charge is -2.08. The van der Waals surface area contributed by atoms with Crippen molar-refractivity contribution in [2.45, 2.75) is 46.0 Å². The number of aromatic amines is 1. The Balaban J connectivity index is 1.84. The fraction of sp³-hybridized carbons (Fsp3) is 0.421. The van der Waals surface area contributed by atoms with Crippen molar-refractivity contribution in [2.75, 3.05) is 7.11 Å². The van der Waals surface area contributed by atoms with Crippen LogP contribution in [0.1, 0.15) is 48.8 Å². The smallest absolute Gasteiger partial charge is 0.237 e. The number of hydrogen-bond acceptors (Lipinski definition) is 4. The minimum absolute atomic E-state index is 0.154. The van der Waals surface area contributed by atoms with Crippen molar-refractivity contribution in [3.8, 4) is 5.88 Å². The van der Waals surface area contributed by atoms with Crippen molar-refractivity contribution < 1.29 is 9.13 Å². The third-order valence-electron chi connectivity index (χ3n) is 4.22. The van der Waals surface area contributed by atoms with Crippen molar-refractivity contribution in [3.05, 3.63) is 46.7 Å². The van der Waals surface area contributed by atoms with Crippen LogP contribution in [-0.4, -0.2) is 27.0 Å². The van der Waals surface area contributed by atoms with Gasteiger partial charge in [-0.3, -0.25) is 0 Å². The number of unbranched alkanes of at least 4 members (excludes halogenated alkanes) is 2. The van der Waals surface area contributed by atoms with Gasteiger partial charge < -0.3 is 9.72 Å². The largest absolute Gasteiger partial charge is 0.480 e. The number of hydrogen-bond donors (Lipinski definition) is 1. The molecule has 0 fully saturated rings. The monoisotopic (exact) mass is 342 g/mol. The second-order valence-corrected chi connectivity index (χ2v) is 6.23. The van der Waals surface area contributed by atoms with E-state index in [9.17, 15) is 4.39 Å². The molecule has 132 valence electrons. The molecule has 1 N–H and O–H groups in total. The highest BCUT2D eigenvalue weighted by molar-refractivity contribution is 5.66. The first kappa shape index (κ1) is 17.3. The van der Waals surface area contributed by atoms with Gasteiger partial charge in [0, 0.05) is 6.42 Å². The van der Waals surface area contributed by atoms with Gasteiger partial charge in [0.2, 0.25) is 11.5 Å². The molecule has 0 aliphatic carbocycles. The maximum Gasteiger partial charge on any atom is 0.237 e. The summed E-state index contributed by atoms with van der Waals surface area (Å²) < 4.78 is 19.7. The molecular formula is C19H23FN4O. The quantitative estimate of drug-likeness (QED) is 0.656. The lowest BCUT2D eigenvalue weighted by molar-refractivity contribution is 0.392. The average Bonchev–Trinajstić information content (AvgIpc) is 2.95. The van der Waals surface area contributed by atoms with Crippen LogP contribution >= 0.6 is 0 Å². The van der Waals surface area contributed by atoms with E-state index in [1.54, 1.807) is 13.2 Å². The topological polar surface area (TPSA) is 63.7 Å². The SMILES string of the molecule is CCCCCc1ccc(Cc2nc3[nH]c(C)nc3nc2OC)cc1F. The van der Waals surface area contributed by atoms with E-state index in [2.05, 4.69) is 26.9 Å². The average molecular weight is 342 g/mol. The summed E-state index contributed by atoms with van der Waals surface area (Å²) in [6.45, 7) is 3.99. The zero-order valence-corrected chi connectivity index (χ0v) is 14.9. The first-order valence-corrected chi connectivity index (χ1v) is 8.65. The molecule has 2 aromatic heterocycles. The van der Waals surface area contributed by atoms with Crippen molar-refractivity contribution in [3.63, 3.8) is 0 Å². The molecule has 0 radical (unpaired) electrons. The number of fused-ring (bicyclic) bond motifs is 1. The van der Waals surface area contributed by atoms with Gasteiger partial charge in [-0.05, 0) is 37.0 Å². The fourth-order valence-corrected chi connectivity index (χ4v) is 2.91. The number of aryl methyl sites for hydroxylation is 2. The molecule has 25 heavy (non-hydrogen) atoms. The Morgan fingerprint density at radius 1 is 1.16 bits per heavy atom. The van der Waals surface area contributed by atoms with Crippen LogP contribution < -0.4 is 4.74 Å². The minimum atomic E-state index is -0.154. The lowest BCUT2D eigenvalue weighted by Crippen LogP contribution is -2.02. The van der Waals surface area contributed by atoms with Crippen molar-refractivity contribution >= 4 is 11.3 Å². The lowest BCUT2D eigenvalue weighted by atomic mass is 10.0. The molecule has 0 spiro atoms. The summed E-state index contributed by atoms with van der Waals surface area (Å²) >= 11 is 0. The highest BCUT2D eigenvalue weighted by atomic mass is 19.1. The second-order valence-electron chi connectivity index (χ2n) is 6.23. The van der Waals surface area contributed by atoms with Gasteiger partial charge in [-0.25, -0.2) is 14.4 Å². The summed E-state index contributed by atoms with van der Waals surface area (Å²) in [6, 6.07) is 5.41. The second kappa shape index (κ2) is 7.59. The van der Waals surface area contributed by atoms with Gasteiger partial charge in [-0.15, -0.1) is 0 Å². The van der Waals surface area contributed by atoms with Gasteiger partial charge in [-0.1, -0.05) is 31.9 Å². The molecule has 0 unspecified atom stereocenters. The molecule has 0 saturated heterocycles. The van der Waals surface area contributed by atoms with Crippen LogP contribution in [0.2, 0.25) is 0 Å². The molecule has 3 aromatic rings. The Morgan fingerprint density at radius 2 is 2.00 bits per heavy atom. The van der Waals surface area contributed by atoms with Crippen LogP contribution in [0.5, 0.6) is 5.88 Å². The number of aromatic nitrogens is 4. The molecule has 0 bridgehead atoms. The maximum atomic E-state index is 14.3. The van der Waals surface area contributed by atoms with Crippen molar-refractivity contribution in [1.29, 1.82) is 0 Å². The van der Waals surface area contributed by atoms with E-state index in [1.165, 1.54) is 0 Å². The third-order valence-corrected chi connectivity index (χ3v) is 4.22. The number of benzene rings is 1. The molecule has 5 nitrogen and oxygen atoms in total. The van der Waals surface area contributed by atoms with E-state index in [1.807, 2.05) is 19.1 Å². The maximum absolute atomic E-state index is 14.3. The van der Waals surface area contributed by atoms with E-state index in [-0.39, 0.29) is 5.82 Å².